The number of benzene rings is 1. The maximum absolute atomic E-state index is 5.35. The molecule has 0 aliphatic carbocycles. The second-order valence-corrected chi connectivity index (χ2v) is 7.57. The lowest BCUT2D eigenvalue weighted by molar-refractivity contribution is 0.395. The van der Waals surface area contributed by atoms with E-state index < -0.39 is 0 Å². The molecule has 0 spiro atoms. The Bertz CT molecular complexity index is 649. The lowest BCUT2D eigenvalue weighted by atomic mass is 9.86. The van der Waals surface area contributed by atoms with Crippen LogP contribution in [-0.4, -0.2) is 14.8 Å². The number of aromatic amines is 1. The van der Waals surface area contributed by atoms with E-state index in [0.29, 0.717) is 4.77 Å². The van der Waals surface area contributed by atoms with Gasteiger partial charge in [0, 0.05) is 11.1 Å². The molecule has 0 radical (unpaired) electrons. The molecule has 3 nitrogen and oxygen atoms in total. The minimum atomic E-state index is -0.0951. The Balaban J connectivity index is 2.51. The van der Waals surface area contributed by atoms with Gasteiger partial charge < -0.3 is 0 Å². The molecule has 2 rings (SSSR count). The molecule has 0 unspecified atom stereocenters. The molecule has 20 heavy (non-hydrogen) atoms. The Hall–Kier alpha value is -1.42. The van der Waals surface area contributed by atoms with E-state index in [4.69, 9.17) is 12.2 Å². The fraction of sp³-hybridized carbons (Fsp3) is 0.500. The van der Waals surface area contributed by atoms with Gasteiger partial charge in [-0.05, 0) is 44.0 Å². The maximum atomic E-state index is 5.35. The third kappa shape index (κ3) is 2.85. The summed E-state index contributed by atoms with van der Waals surface area (Å²) in [5.74, 6) is 0.892. The first kappa shape index (κ1) is 15.0. The first-order valence-corrected chi connectivity index (χ1v) is 7.30. The summed E-state index contributed by atoms with van der Waals surface area (Å²) in [5, 5.41) is 7.29. The molecule has 1 N–H and O–H groups in total. The summed E-state index contributed by atoms with van der Waals surface area (Å²) in [6, 6.07) is 8.57. The third-order valence-corrected chi connectivity index (χ3v) is 3.63. The molecule has 2 aromatic rings. The van der Waals surface area contributed by atoms with Crippen LogP contribution < -0.4 is 0 Å². The van der Waals surface area contributed by atoms with Gasteiger partial charge in [0.2, 0.25) is 0 Å². The van der Waals surface area contributed by atoms with Crippen LogP contribution in [0, 0.1) is 4.77 Å². The van der Waals surface area contributed by atoms with Gasteiger partial charge in [-0.25, -0.2) is 0 Å². The molecule has 0 saturated carbocycles. The molecule has 0 bridgehead atoms. The molecule has 0 fully saturated rings. The van der Waals surface area contributed by atoms with E-state index in [1.165, 1.54) is 5.56 Å². The number of H-pyrrole nitrogens is 1. The zero-order valence-corrected chi connectivity index (χ0v) is 13.9. The highest BCUT2D eigenvalue weighted by Crippen LogP contribution is 2.28. The van der Waals surface area contributed by atoms with Crippen molar-refractivity contribution in [2.75, 3.05) is 0 Å². The standard InChI is InChI=1S/C16H23N3S/c1-15(2,3)12-9-7-11(8-10-12)13-17-18-14(20)19(13)16(4,5)6/h7-10H,1-6H3,(H,18,20). The van der Waals surface area contributed by atoms with Crippen molar-refractivity contribution in [2.45, 2.75) is 52.5 Å². The second-order valence-electron chi connectivity index (χ2n) is 7.19. The maximum Gasteiger partial charge on any atom is 0.195 e. The van der Waals surface area contributed by atoms with Crippen molar-refractivity contribution >= 4 is 12.2 Å². The smallest absolute Gasteiger partial charge is 0.195 e. The molecule has 0 amide bonds. The van der Waals surface area contributed by atoms with Gasteiger partial charge in [0.25, 0.3) is 0 Å². The van der Waals surface area contributed by atoms with E-state index in [1.54, 1.807) is 0 Å². The van der Waals surface area contributed by atoms with Crippen LogP contribution in [0.5, 0.6) is 0 Å². The van der Waals surface area contributed by atoms with E-state index in [-0.39, 0.29) is 11.0 Å². The van der Waals surface area contributed by atoms with Crippen LogP contribution in [0.4, 0.5) is 0 Å². The summed E-state index contributed by atoms with van der Waals surface area (Å²) in [6.07, 6.45) is 0. The Kier molecular flexibility index (Phi) is 3.63. The highest BCUT2D eigenvalue weighted by atomic mass is 32.1. The number of hydrogen-bond donors (Lipinski definition) is 1. The zero-order valence-electron chi connectivity index (χ0n) is 13.1. The summed E-state index contributed by atoms with van der Waals surface area (Å²) in [4.78, 5) is 0. The monoisotopic (exact) mass is 289 g/mol. The largest absolute Gasteiger partial charge is 0.295 e. The first-order valence-electron chi connectivity index (χ1n) is 6.89. The van der Waals surface area contributed by atoms with Crippen molar-refractivity contribution in [3.63, 3.8) is 0 Å². The van der Waals surface area contributed by atoms with Gasteiger partial charge in [-0.3, -0.25) is 9.67 Å². The summed E-state index contributed by atoms with van der Waals surface area (Å²) in [6.45, 7) is 13.0. The second kappa shape index (κ2) is 4.85. The molecule has 4 heteroatoms. The molecule has 0 aliphatic rings. The SMILES string of the molecule is CC(C)(C)c1ccc(-c2n[nH]c(=S)n2C(C)(C)C)cc1. The fourth-order valence-corrected chi connectivity index (χ4v) is 2.64. The molecule has 1 aromatic carbocycles. The Morgan fingerprint density at radius 3 is 2.00 bits per heavy atom. The molecule has 1 heterocycles. The topological polar surface area (TPSA) is 33.6 Å². The van der Waals surface area contributed by atoms with Gasteiger partial charge in [0.15, 0.2) is 10.6 Å². The fourth-order valence-electron chi connectivity index (χ4n) is 2.23. The quantitative estimate of drug-likeness (QED) is 0.775. The Labute approximate surface area is 126 Å². The van der Waals surface area contributed by atoms with Crippen LogP contribution in [0.1, 0.15) is 47.1 Å². The van der Waals surface area contributed by atoms with Crippen molar-refractivity contribution in [2.24, 2.45) is 0 Å². The Morgan fingerprint density at radius 1 is 1.00 bits per heavy atom. The number of rotatable bonds is 1. The molecule has 0 atom stereocenters. The normalized spacial score (nSPS) is 12.7. The highest BCUT2D eigenvalue weighted by Gasteiger charge is 2.21. The van der Waals surface area contributed by atoms with Crippen molar-refractivity contribution in [3.05, 3.63) is 34.6 Å². The van der Waals surface area contributed by atoms with Gasteiger partial charge in [0.05, 0.1) is 0 Å². The average molecular weight is 289 g/mol. The summed E-state index contributed by atoms with van der Waals surface area (Å²) < 4.78 is 2.72. The zero-order chi connectivity index (χ0) is 15.1. The van der Waals surface area contributed by atoms with E-state index >= 15 is 0 Å². The van der Waals surface area contributed by atoms with Crippen LogP contribution in [-0.2, 0) is 11.0 Å². The van der Waals surface area contributed by atoms with Crippen LogP contribution in [0.3, 0.4) is 0 Å². The molecule has 0 saturated heterocycles. The average Bonchev–Trinajstić information content (AvgIpc) is 2.70. The van der Waals surface area contributed by atoms with E-state index in [0.717, 1.165) is 11.4 Å². The minimum absolute atomic E-state index is 0.0951. The predicted molar refractivity (Wildman–Crippen MR) is 86.5 cm³/mol. The van der Waals surface area contributed by atoms with Gasteiger partial charge >= 0.3 is 0 Å². The lowest BCUT2D eigenvalue weighted by Crippen LogP contribution is -2.23. The number of aromatic nitrogens is 3. The molecule has 108 valence electrons. The number of hydrogen-bond acceptors (Lipinski definition) is 2. The van der Waals surface area contributed by atoms with Crippen LogP contribution >= 0.6 is 12.2 Å². The van der Waals surface area contributed by atoms with Gasteiger partial charge in [0.1, 0.15) is 0 Å². The molecular weight excluding hydrogens is 266 g/mol. The number of nitrogens with one attached hydrogen (secondary N) is 1. The highest BCUT2D eigenvalue weighted by molar-refractivity contribution is 7.71. The summed E-state index contributed by atoms with van der Waals surface area (Å²) in [7, 11) is 0. The predicted octanol–water partition coefficient (Wildman–Crippen LogP) is 4.66. The van der Waals surface area contributed by atoms with Crippen LogP contribution in [0.25, 0.3) is 11.4 Å². The van der Waals surface area contributed by atoms with Crippen molar-refractivity contribution in [1.29, 1.82) is 0 Å². The van der Waals surface area contributed by atoms with Gasteiger partial charge in [-0.15, -0.1) is 0 Å². The molecule has 0 aliphatic heterocycles. The van der Waals surface area contributed by atoms with Crippen molar-refractivity contribution in [1.82, 2.24) is 14.8 Å². The molecule has 1 aromatic heterocycles. The first-order chi connectivity index (χ1) is 9.10. The van der Waals surface area contributed by atoms with E-state index in [9.17, 15) is 0 Å². The third-order valence-electron chi connectivity index (χ3n) is 3.35. The van der Waals surface area contributed by atoms with Crippen LogP contribution in [0.2, 0.25) is 0 Å². The Morgan fingerprint density at radius 2 is 1.55 bits per heavy atom. The van der Waals surface area contributed by atoms with Crippen molar-refractivity contribution < 1.29 is 0 Å². The summed E-state index contributed by atoms with van der Waals surface area (Å²) in [5.41, 5.74) is 2.47. The van der Waals surface area contributed by atoms with E-state index in [1.807, 2.05) is 0 Å². The minimum Gasteiger partial charge on any atom is -0.295 e. The summed E-state index contributed by atoms with van der Waals surface area (Å²) >= 11 is 5.35. The van der Waals surface area contributed by atoms with Crippen molar-refractivity contribution in [3.8, 4) is 11.4 Å². The molecular formula is C16H23N3S. The van der Waals surface area contributed by atoms with Gasteiger partial charge in [-0.1, -0.05) is 45.0 Å². The van der Waals surface area contributed by atoms with E-state index in [2.05, 4.69) is 80.6 Å². The van der Waals surface area contributed by atoms with Crippen LogP contribution in [0.15, 0.2) is 24.3 Å². The number of nitrogens with zero attached hydrogens (tertiary/aromatic N) is 2. The lowest BCUT2D eigenvalue weighted by Gasteiger charge is -2.23. The van der Waals surface area contributed by atoms with Gasteiger partial charge in [-0.2, -0.15) is 5.10 Å².